The molecule has 1 N–H and O–H groups in total. The normalized spacial score (nSPS) is 21.4. The SMILES string of the molecule is COc1ccc(NC(=O)[C@H]2CCCN2C(=O)C2CCCC2)cc1. The van der Waals surface area contributed by atoms with E-state index in [0.717, 1.165) is 50.0 Å². The average molecular weight is 316 g/mol. The number of ether oxygens (including phenoxy) is 1. The van der Waals surface area contributed by atoms with E-state index in [0.29, 0.717) is 6.54 Å². The van der Waals surface area contributed by atoms with E-state index in [9.17, 15) is 9.59 Å². The summed E-state index contributed by atoms with van der Waals surface area (Å²) in [6.45, 7) is 0.704. The van der Waals surface area contributed by atoms with Crippen LogP contribution in [0.5, 0.6) is 5.75 Å². The van der Waals surface area contributed by atoms with E-state index >= 15 is 0 Å². The molecule has 2 aliphatic rings. The lowest BCUT2D eigenvalue weighted by molar-refractivity contribution is -0.140. The minimum atomic E-state index is -0.329. The zero-order valence-corrected chi connectivity index (χ0v) is 13.6. The molecule has 1 aliphatic heterocycles. The Bertz CT molecular complexity index is 564. The number of rotatable bonds is 4. The van der Waals surface area contributed by atoms with Crippen LogP contribution in [0.1, 0.15) is 38.5 Å². The molecule has 3 rings (SSSR count). The molecule has 23 heavy (non-hydrogen) atoms. The molecule has 1 atom stereocenters. The first-order chi connectivity index (χ1) is 11.2. The number of hydrogen-bond donors (Lipinski definition) is 1. The monoisotopic (exact) mass is 316 g/mol. The molecule has 2 fully saturated rings. The number of anilines is 1. The van der Waals surface area contributed by atoms with Crippen LogP contribution in [0, 0.1) is 5.92 Å². The molecular formula is C18H24N2O3. The van der Waals surface area contributed by atoms with Crippen molar-refractivity contribution in [2.75, 3.05) is 19.0 Å². The molecule has 0 bridgehead atoms. The van der Waals surface area contributed by atoms with Crippen molar-refractivity contribution in [2.24, 2.45) is 5.92 Å². The average Bonchev–Trinajstić information content (AvgIpc) is 3.26. The maximum Gasteiger partial charge on any atom is 0.247 e. The molecule has 1 saturated heterocycles. The first-order valence-electron chi connectivity index (χ1n) is 8.44. The molecule has 5 nitrogen and oxygen atoms in total. The highest BCUT2D eigenvalue weighted by Gasteiger charge is 2.37. The van der Waals surface area contributed by atoms with Crippen molar-refractivity contribution in [1.29, 1.82) is 0 Å². The highest BCUT2D eigenvalue weighted by atomic mass is 16.5. The number of carbonyl (C=O) groups is 2. The fraction of sp³-hybridized carbons (Fsp3) is 0.556. The van der Waals surface area contributed by atoms with Crippen LogP contribution in [0.3, 0.4) is 0 Å². The smallest absolute Gasteiger partial charge is 0.247 e. The van der Waals surface area contributed by atoms with Gasteiger partial charge in [0, 0.05) is 18.2 Å². The summed E-state index contributed by atoms with van der Waals surface area (Å²) in [5.41, 5.74) is 0.732. The standard InChI is InChI=1S/C18H24N2O3/c1-23-15-10-8-14(9-11-15)19-17(21)16-7-4-12-20(16)18(22)13-5-2-3-6-13/h8-11,13,16H,2-7,12H2,1H3,(H,19,21)/t16-/m1/s1. The number of carbonyl (C=O) groups excluding carboxylic acids is 2. The van der Waals surface area contributed by atoms with Crippen molar-refractivity contribution in [3.05, 3.63) is 24.3 Å². The molecule has 124 valence electrons. The van der Waals surface area contributed by atoms with Crippen molar-refractivity contribution >= 4 is 17.5 Å². The number of hydrogen-bond acceptors (Lipinski definition) is 3. The Hall–Kier alpha value is -2.04. The Kier molecular flexibility index (Phi) is 4.84. The van der Waals surface area contributed by atoms with Crippen LogP contribution in [0.15, 0.2) is 24.3 Å². The lowest BCUT2D eigenvalue weighted by Gasteiger charge is -2.26. The van der Waals surface area contributed by atoms with Gasteiger partial charge in [0.1, 0.15) is 11.8 Å². The van der Waals surface area contributed by atoms with Crippen LogP contribution in [0.2, 0.25) is 0 Å². The molecule has 5 heteroatoms. The van der Waals surface area contributed by atoms with Crippen LogP contribution in [0.4, 0.5) is 5.69 Å². The summed E-state index contributed by atoms with van der Waals surface area (Å²) in [4.78, 5) is 27.0. The maximum atomic E-state index is 12.6. The van der Waals surface area contributed by atoms with Crippen LogP contribution < -0.4 is 10.1 Å². The third kappa shape index (κ3) is 3.49. The van der Waals surface area contributed by atoms with Crippen LogP contribution >= 0.6 is 0 Å². The fourth-order valence-electron chi connectivity index (χ4n) is 3.61. The minimum Gasteiger partial charge on any atom is -0.497 e. The van der Waals surface area contributed by atoms with Crippen molar-refractivity contribution < 1.29 is 14.3 Å². The van der Waals surface area contributed by atoms with Gasteiger partial charge in [-0.15, -0.1) is 0 Å². The molecule has 0 radical (unpaired) electrons. The number of methoxy groups -OCH3 is 1. The van der Waals surface area contributed by atoms with Crippen molar-refractivity contribution in [1.82, 2.24) is 4.90 Å². The maximum absolute atomic E-state index is 12.6. The van der Waals surface area contributed by atoms with E-state index in [1.54, 1.807) is 12.0 Å². The predicted molar refractivity (Wildman–Crippen MR) is 88.3 cm³/mol. The highest BCUT2D eigenvalue weighted by Crippen LogP contribution is 2.30. The van der Waals surface area contributed by atoms with E-state index in [-0.39, 0.29) is 23.8 Å². The number of benzene rings is 1. The van der Waals surface area contributed by atoms with Crippen LogP contribution in [-0.4, -0.2) is 36.4 Å². The predicted octanol–water partition coefficient (Wildman–Crippen LogP) is 2.81. The van der Waals surface area contributed by atoms with Gasteiger partial charge in [0.25, 0.3) is 0 Å². The molecule has 2 amide bonds. The highest BCUT2D eigenvalue weighted by molar-refractivity contribution is 5.97. The van der Waals surface area contributed by atoms with Crippen LogP contribution in [0.25, 0.3) is 0 Å². The zero-order chi connectivity index (χ0) is 16.2. The molecule has 1 saturated carbocycles. The summed E-state index contributed by atoms with van der Waals surface area (Å²) >= 11 is 0. The lowest BCUT2D eigenvalue weighted by atomic mass is 10.1. The van der Waals surface area contributed by atoms with Gasteiger partial charge in [-0.05, 0) is 49.9 Å². The summed E-state index contributed by atoms with van der Waals surface area (Å²) < 4.78 is 5.11. The first-order valence-corrected chi connectivity index (χ1v) is 8.44. The van der Waals surface area contributed by atoms with E-state index in [2.05, 4.69) is 5.32 Å². The molecule has 1 aromatic carbocycles. The minimum absolute atomic E-state index is 0.0842. The van der Waals surface area contributed by atoms with E-state index in [1.165, 1.54) is 0 Å². The Labute approximate surface area is 137 Å². The van der Waals surface area contributed by atoms with Gasteiger partial charge in [0.05, 0.1) is 7.11 Å². The number of amides is 2. The van der Waals surface area contributed by atoms with Gasteiger partial charge in [0.2, 0.25) is 11.8 Å². The van der Waals surface area contributed by atoms with Gasteiger partial charge in [-0.1, -0.05) is 12.8 Å². The number of nitrogens with one attached hydrogen (secondary N) is 1. The van der Waals surface area contributed by atoms with Gasteiger partial charge in [-0.2, -0.15) is 0 Å². The Balaban J connectivity index is 1.64. The summed E-state index contributed by atoms with van der Waals surface area (Å²) in [7, 11) is 1.61. The summed E-state index contributed by atoms with van der Waals surface area (Å²) in [6, 6.07) is 6.92. The summed E-state index contributed by atoms with van der Waals surface area (Å²) in [6.07, 6.45) is 5.86. The van der Waals surface area contributed by atoms with E-state index < -0.39 is 0 Å². The second kappa shape index (κ2) is 7.02. The number of likely N-dealkylation sites (tertiary alicyclic amines) is 1. The van der Waals surface area contributed by atoms with Gasteiger partial charge in [-0.3, -0.25) is 9.59 Å². The quantitative estimate of drug-likeness (QED) is 0.929. The first kappa shape index (κ1) is 15.8. The second-order valence-electron chi connectivity index (χ2n) is 6.39. The Morgan fingerprint density at radius 2 is 1.78 bits per heavy atom. The molecule has 1 aromatic rings. The molecule has 1 aliphatic carbocycles. The van der Waals surface area contributed by atoms with Crippen LogP contribution in [-0.2, 0) is 9.59 Å². The summed E-state index contributed by atoms with van der Waals surface area (Å²) in [5, 5.41) is 2.92. The van der Waals surface area contributed by atoms with Gasteiger partial charge in [0.15, 0.2) is 0 Å². The Morgan fingerprint density at radius 3 is 2.43 bits per heavy atom. The second-order valence-corrected chi connectivity index (χ2v) is 6.39. The fourth-order valence-corrected chi connectivity index (χ4v) is 3.61. The lowest BCUT2D eigenvalue weighted by Crippen LogP contribution is -2.45. The molecular weight excluding hydrogens is 292 g/mol. The third-order valence-electron chi connectivity index (χ3n) is 4.90. The molecule has 0 aromatic heterocycles. The third-order valence-corrected chi connectivity index (χ3v) is 4.90. The number of nitrogens with zero attached hydrogens (tertiary/aromatic N) is 1. The zero-order valence-electron chi connectivity index (χ0n) is 13.6. The van der Waals surface area contributed by atoms with Crippen molar-refractivity contribution in [3.63, 3.8) is 0 Å². The summed E-state index contributed by atoms with van der Waals surface area (Å²) in [5.74, 6) is 0.972. The Morgan fingerprint density at radius 1 is 1.09 bits per heavy atom. The van der Waals surface area contributed by atoms with Gasteiger partial charge in [-0.25, -0.2) is 0 Å². The van der Waals surface area contributed by atoms with Crippen molar-refractivity contribution in [3.8, 4) is 5.75 Å². The topological polar surface area (TPSA) is 58.6 Å². The molecule has 0 spiro atoms. The van der Waals surface area contributed by atoms with Gasteiger partial charge >= 0.3 is 0 Å². The largest absolute Gasteiger partial charge is 0.497 e. The van der Waals surface area contributed by atoms with Crippen molar-refractivity contribution in [2.45, 2.75) is 44.6 Å². The van der Waals surface area contributed by atoms with E-state index in [4.69, 9.17) is 4.74 Å². The van der Waals surface area contributed by atoms with Gasteiger partial charge < -0.3 is 15.0 Å². The molecule has 1 heterocycles. The molecule has 0 unspecified atom stereocenters. The van der Waals surface area contributed by atoms with E-state index in [1.807, 2.05) is 24.3 Å².